The lowest BCUT2D eigenvalue weighted by Crippen LogP contribution is -2.04. The number of fused-ring (bicyclic) bond motifs is 6. The Kier molecular flexibility index (Phi) is 3.95. The molecule has 30 heavy (non-hydrogen) atoms. The van der Waals surface area contributed by atoms with Crippen LogP contribution in [0, 0.1) is 0 Å². The molecule has 0 fully saturated rings. The van der Waals surface area contributed by atoms with E-state index in [1.807, 2.05) is 0 Å². The average Bonchev–Trinajstić information content (AvgIpc) is 3.30. The molecular weight excluding hydrogens is 364 g/mol. The summed E-state index contributed by atoms with van der Waals surface area (Å²) >= 11 is 0. The van der Waals surface area contributed by atoms with Gasteiger partial charge in [-0.05, 0) is 22.3 Å². The average molecular weight is 384 g/mol. The second kappa shape index (κ2) is 6.93. The molecule has 0 N–H and O–H groups in total. The third-order valence-electron chi connectivity index (χ3n) is 5.95. The van der Waals surface area contributed by atoms with Crippen LogP contribution in [0.2, 0.25) is 0 Å². The molecule has 0 aromatic heterocycles. The van der Waals surface area contributed by atoms with Crippen molar-refractivity contribution in [3.05, 3.63) is 119 Å². The van der Waals surface area contributed by atoms with Gasteiger partial charge in [0, 0.05) is 22.3 Å². The van der Waals surface area contributed by atoms with Gasteiger partial charge in [0.25, 0.3) is 0 Å². The van der Waals surface area contributed by atoms with Crippen molar-refractivity contribution in [2.75, 3.05) is 13.1 Å². The van der Waals surface area contributed by atoms with Gasteiger partial charge in [0.1, 0.15) is 0 Å². The van der Waals surface area contributed by atoms with Crippen LogP contribution in [0.3, 0.4) is 0 Å². The summed E-state index contributed by atoms with van der Waals surface area (Å²) < 4.78 is 0. The van der Waals surface area contributed by atoms with E-state index < -0.39 is 0 Å². The van der Waals surface area contributed by atoms with Crippen molar-refractivity contribution in [2.45, 2.75) is 0 Å². The molecule has 0 aliphatic heterocycles. The molecule has 0 saturated heterocycles. The van der Waals surface area contributed by atoms with Gasteiger partial charge >= 0.3 is 0 Å². The number of hydrogen-bond donors (Lipinski definition) is 0. The van der Waals surface area contributed by atoms with Crippen LogP contribution in [-0.2, 0) is 0 Å². The predicted molar refractivity (Wildman–Crippen MR) is 125 cm³/mol. The summed E-state index contributed by atoms with van der Waals surface area (Å²) in [6, 6.07) is 34.2. The molecule has 4 aromatic carbocycles. The summed E-state index contributed by atoms with van der Waals surface area (Å²) in [5.41, 5.74) is 12.2. The monoisotopic (exact) mass is 384 g/mol. The summed E-state index contributed by atoms with van der Waals surface area (Å²) in [6.45, 7) is 1.34. The Labute approximate surface area is 176 Å². The highest BCUT2D eigenvalue weighted by atomic mass is 14.8. The molecule has 0 saturated carbocycles. The van der Waals surface area contributed by atoms with Crippen molar-refractivity contribution in [3.8, 4) is 22.3 Å². The van der Waals surface area contributed by atoms with Gasteiger partial charge in [-0.15, -0.1) is 0 Å². The highest BCUT2D eigenvalue weighted by molar-refractivity contribution is 6.25. The van der Waals surface area contributed by atoms with Gasteiger partial charge in [-0.2, -0.15) is 0 Å². The van der Waals surface area contributed by atoms with Crippen molar-refractivity contribution in [3.63, 3.8) is 0 Å². The molecule has 4 aromatic rings. The van der Waals surface area contributed by atoms with E-state index in [9.17, 15) is 0 Å². The lowest BCUT2D eigenvalue weighted by molar-refractivity contribution is 0.977. The summed E-state index contributed by atoms with van der Waals surface area (Å²) in [5, 5.41) is 0. The lowest BCUT2D eigenvalue weighted by atomic mass is 10.1. The highest BCUT2D eigenvalue weighted by Crippen LogP contribution is 2.37. The quantitative estimate of drug-likeness (QED) is 0.333. The van der Waals surface area contributed by atoms with E-state index >= 15 is 0 Å². The summed E-state index contributed by atoms with van der Waals surface area (Å²) in [6.07, 6.45) is 0. The Morgan fingerprint density at radius 2 is 0.567 bits per heavy atom. The normalized spacial score (nSPS) is 12.8. The SMILES string of the molecule is c1ccc2c(c1)C(=NCCN=C1c3ccccc3-c3ccccc31)c1ccccc1-2. The van der Waals surface area contributed by atoms with Crippen LogP contribution in [0.25, 0.3) is 22.3 Å². The topological polar surface area (TPSA) is 24.7 Å². The fourth-order valence-corrected chi connectivity index (χ4v) is 4.65. The molecule has 0 bridgehead atoms. The maximum atomic E-state index is 4.99. The standard InChI is InChI=1S/C28H20N2/c1-5-13-23-19(9-1)20-10-2-6-14-24(20)27(23)29-17-18-30-28-25-15-7-3-11-21(25)22-12-4-8-16-26(22)28/h1-16H,17-18H2. The zero-order chi connectivity index (χ0) is 19.9. The van der Waals surface area contributed by atoms with Gasteiger partial charge in [-0.1, -0.05) is 97.1 Å². The molecule has 2 aliphatic rings. The molecule has 2 heteroatoms. The zero-order valence-corrected chi connectivity index (χ0v) is 16.5. The smallest absolute Gasteiger partial charge is 0.0732 e. The maximum absolute atomic E-state index is 4.99. The molecule has 6 rings (SSSR count). The number of rotatable bonds is 3. The van der Waals surface area contributed by atoms with Crippen molar-refractivity contribution < 1.29 is 0 Å². The van der Waals surface area contributed by atoms with E-state index in [1.54, 1.807) is 0 Å². The van der Waals surface area contributed by atoms with Gasteiger partial charge in [0.05, 0.1) is 24.5 Å². The second-order valence-corrected chi connectivity index (χ2v) is 7.64. The molecule has 0 spiro atoms. The van der Waals surface area contributed by atoms with Gasteiger partial charge in [0.15, 0.2) is 0 Å². The first-order valence-corrected chi connectivity index (χ1v) is 10.4. The molecule has 2 nitrogen and oxygen atoms in total. The number of benzene rings is 4. The molecule has 0 amide bonds. The van der Waals surface area contributed by atoms with Gasteiger partial charge in [-0.25, -0.2) is 0 Å². The van der Waals surface area contributed by atoms with Crippen molar-refractivity contribution >= 4 is 11.4 Å². The van der Waals surface area contributed by atoms with E-state index in [0.29, 0.717) is 13.1 Å². The van der Waals surface area contributed by atoms with Crippen molar-refractivity contribution in [1.82, 2.24) is 0 Å². The minimum absolute atomic E-state index is 0.672. The Morgan fingerprint density at radius 3 is 0.833 bits per heavy atom. The molecule has 142 valence electrons. The Hall–Kier alpha value is -3.78. The second-order valence-electron chi connectivity index (χ2n) is 7.64. The maximum Gasteiger partial charge on any atom is 0.0732 e. The van der Waals surface area contributed by atoms with Crippen LogP contribution in [0.15, 0.2) is 107 Å². The minimum Gasteiger partial charge on any atom is -0.282 e. The highest BCUT2D eigenvalue weighted by Gasteiger charge is 2.24. The first kappa shape index (κ1) is 17.1. The Balaban J connectivity index is 1.33. The van der Waals surface area contributed by atoms with Gasteiger partial charge < -0.3 is 0 Å². The number of aliphatic imine (C=N–C) groups is 2. The zero-order valence-electron chi connectivity index (χ0n) is 16.5. The van der Waals surface area contributed by atoms with Crippen LogP contribution >= 0.6 is 0 Å². The summed E-state index contributed by atoms with van der Waals surface area (Å²) in [5.74, 6) is 0. The van der Waals surface area contributed by atoms with Crippen LogP contribution in [-0.4, -0.2) is 24.5 Å². The Bertz CT molecular complexity index is 1140. The predicted octanol–water partition coefficient (Wildman–Crippen LogP) is 6.02. The Morgan fingerprint density at radius 1 is 0.333 bits per heavy atom. The third kappa shape index (κ3) is 2.57. The van der Waals surface area contributed by atoms with Gasteiger partial charge in [0.2, 0.25) is 0 Å². The number of nitrogens with zero attached hydrogens (tertiary/aromatic N) is 2. The molecule has 2 aliphatic carbocycles. The summed E-state index contributed by atoms with van der Waals surface area (Å²) in [4.78, 5) is 9.98. The first-order chi connectivity index (χ1) is 14.9. The fourth-order valence-electron chi connectivity index (χ4n) is 4.65. The van der Waals surface area contributed by atoms with Crippen molar-refractivity contribution in [1.29, 1.82) is 0 Å². The third-order valence-corrected chi connectivity index (χ3v) is 5.95. The molecular formula is C28H20N2. The molecule has 0 radical (unpaired) electrons. The van der Waals surface area contributed by atoms with Crippen molar-refractivity contribution in [2.24, 2.45) is 9.98 Å². The largest absolute Gasteiger partial charge is 0.282 e. The molecule has 0 unspecified atom stereocenters. The van der Waals surface area contributed by atoms with Crippen LogP contribution in [0.1, 0.15) is 22.3 Å². The lowest BCUT2D eigenvalue weighted by Gasteiger charge is -2.03. The van der Waals surface area contributed by atoms with E-state index in [0.717, 1.165) is 11.4 Å². The van der Waals surface area contributed by atoms with Crippen LogP contribution in [0.4, 0.5) is 0 Å². The fraction of sp³-hybridized carbons (Fsp3) is 0.0714. The summed E-state index contributed by atoms with van der Waals surface area (Å²) in [7, 11) is 0. The van der Waals surface area contributed by atoms with Gasteiger partial charge in [-0.3, -0.25) is 9.98 Å². The van der Waals surface area contributed by atoms with E-state index in [1.165, 1.54) is 44.5 Å². The van der Waals surface area contributed by atoms with E-state index in [2.05, 4.69) is 97.1 Å². The molecule has 0 heterocycles. The number of hydrogen-bond acceptors (Lipinski definition) is 2. The minimum atomic E-state index is 0.672. The van der Waals surface area contributed by atoms with Crippen LogP contribution < -0.4 is 0 Å². The molecule has 0 atom stereocenters. The van der Waals surface area contributed by atoms with E-state index in [4.69, 9.17) is 9.98 Å². The first-order valence-electron chi connectivity index (χ1n) is 10.4. The van der Waals surface area contributed by atoms with E-state index in [-0.39, 0.29) is 0 Å². The van der Waals surface area contributed by atoms with Crippen LogP contribution in [0.5, 0.6) is 0 Å².